The molecule has 2 N–H and O–H groups in total. The molecule has 11 heteroatoms. The van der Waals surface area contributed by atoms with Crippen LogP contribution < -0.4 is 20.9 Å². The summed E-state index contributed by atoms with van der Waals surface area (Å²) in [7, 11) is 1.54. The van der Waals surface area contributed by atoms with Gasteiger partial charge in [-0.05, 0) is 48.9 Å². The van der Waals surface area contributed by atoms with Crippen molar-refractivity contribution < 1.29 is 14.3 Å². The number of fused-ring (bicyclic) bond motifs is 1. The molecule has 0 radical (unpaired) electrons. The van der Waals surface area contributed by atoms with E-state index in [1.807, 2.05) is 6.92 Å². The number of anilines is 2. The second-order valence-electron chi connectivity index (χ2n) is 7.53. The first-order valence-corrected chi connectivity index (χ1v) is 12.1. The van der Waals surface area contributed by atoms with Crippen LogP contribution >= 0.6 is 34.5 Å². The molecule has 2 heterocycles. The maximum absolute atomic E-state index is 13.3. The van der Waals surface area contributed by atoms with Crippen molar-refractivity contribution in [1.29, 1.82) is 0 Å². The van der Waals surface area contributed by atoms with E-state index in [4.69, 9.17) is 27.9 Å². The Morgan fingerprint density at radius 1 is 1.00 bits per heavy atom. The van der Waals surface area contributed by atoms with Crippen molar-refractivity contribution in [2.75, 3.05) is 17.7 Å². The SMILES string of the molecule is CCCc1cc(=O)n2c(C(=O)Nc3ccc(OC)cc3)c(C(=O)Nc3cc(Cl)cc(Cl)c3)sc2n1. The predicted molar refractivity (Wildman–Crippen MR) is 139 cm³/mol. The molecule has 35 heavy (non-hydrogen) atoms. The monoisotopic (exact) mass is 530 g/mol. The third-order valence-electron chi connectivity index (χ3n) is 4.97. The largest absolute Gasteiger partial charge is 0.497 e. The molecule has 2 amide bonds. The second kappa shape index (κ2) is 10.5. The molecule has 0 saturated heterocycles. The van der Waals surface area contributed by atoms with Crippen LogP contribution in [0.1, 0.15) is 39.2 Å². The number of aromatic nitrogens is 2. The summed E-state index contributed by atoms with van der Waals surface area (Å²) in [6.07, 6.45) is 1.39. The second-order valence-corrected chi connectivity index (χ2v) is 9.38. The van der Waals surface area contributed by atoms with E-state index in [0.29, 0.717) is 39.3 Å². The number of ether oxygens (including phenoxy) is 1. The van der Waals surface area contributed by atoms with Crippen LogP contribution in [-0.4, -0.2) is 28.3 Å². The molecule has 2 aromatic carbocycles. The van der Waals surface area contributed by atoms with Crippen LogP contribution in [0.3, 0.4) is 0 Å². The minimum absolute atomic E-state index is 0.0189. The Bertz CT molecular complexity index is 1460. The van der Waals surface area contributed by atoms with E-state index in [1.54, 1.807) is 24.3 Å². The van der Waals surface area contributed by atoms with Gasteiger partial charge in [-0.25, -0.2) is 9.38 Å². The minimum atomic E-state index is -0.636. The minimum Gasteiger partial charge on any atom is -0.497 e. The Morgan fingerprint density at radius 2 is 1.66 bits per heavy atom. The van der Waals surface area contributed by atoms with Crippen LogP contribution in [0.25, 0.3) is 4.96 Å². The average molecular weight is 531 g/mol. The zero-order chi connectivity index (χ0) is 25.1. The first kappa shape index (κ1) is 24.7. The maximum atomic E-state index is 13.3. The highest BCUT2D eigenvalue weighted by molar-refractivity contribution is 7.19. The molecule has 0 aliphatic heterocycles. The molecule has 180 valence electrons. The number of hydrogen-bond donors (Lipinski definition) is 2. The third kappa shape index (κ3) is 5.48. The van der Waals surface area contributed by atoms with Gasteiger partial charge in [0.05, 0.1) is 7.11 Å². The van der Waals surface area contributed by atoms with Gasteiger partial charge in [0.15, 0.2) is 4.96 Å². The summed E-state index contributed by atoms with van der Waals surface area (Å²) in [5.74, 6) is -0.619. The van der Waals surface area contributed by atoms with Crippen LogP contribution in [0.5, 0.6) is 5.75 Å². The number of carbonyl (C=O) groups is 2. The van der Waals surface area contributed by atoms with E-state index in [-0.39, 0.29) is 15.5 Å². The first-order chi connectivity index (χ1) is 16.8. The highest BCUT2D eigenvalue weighted by atomic mass is 35.5. The van der Waals surface area contributed by atoms with E-state index in [0.717, 1.165) is 22.2 Å². The van der Waals surface area contributed by atoms with Crippen molar-refractivity contribution in [1.82, 2.24) is 9.38 Å². The number of thiazole rings is 1. The van der Waals surface area contributed by atoms with Gasteiger partial charge >= 0.3 is 0 Å². The number of nitrogens with one attached hydrogen (secondary N) is 2. The Hall–Kier alpha value is -3.40. The van der Waals surface area contributed by atoms with Crippen molar-refractivity contribution in [3.05, 3.63) is 85.2 Å². The van der Waals surface area contributed by atoms with Crippen LogP contribution in [0.4, 0.5) is 11.4 Å². The summed E-state index contributed by atoms with van der Waals surface area (Å²) in [6.45, 7) is 1.97. The fourth-order valence-corrected chi connectivity index (χ4v) is 5.01. The Morgan fingerprint density at radius 3 is 2.29 bits per heavy atom. The lowest BCUT2D eigenvalue weighted by Gasteiger charge is -2.09. The van der Waals surface area contributed by atoms with Gasteiger partial charge in [-0.2, -0.15) is 0 Å². The van der Waals surface area contributed by atoms with Gasteiger partial charge in [0, 0.05) is 33.2 Å². The maximum Gasteiger partial charge on any atom is 0.274 e. The molecule has 2 aromatic heterocycles. The van der Waals surface area contributed by atoms with Crippen molar-refractivity contribution >= 4 is 62.7 Å². The van der Waals surface area contributed by atoms with Gasteiger partial charge < -0.3 is 15.4 Å². The Labute approximate surface area is 214 Å². The fraction of sp³-hybridized carbons (Fsp3) is 0.167. The fourth-order valence-electron chi connectivity index (χ4n) is 3.44. The van der Waals surface area contributed by atoms with E-state index >= 15 is 0 Å². The summed E-state index contributed by atoms with van der Waals surface area (Å²) in [5, 5.41) is 6.11. The lowest BCUT2D eigenvalue weighted by Crippen LogP contribution is -2.25. The number of methoxy groups -OCH3 is 1. The smallest absolute Gasteiger partial charge is 0.274 e. The van der Waals surface area contributed by atoms with Gasteiger partial charge in [-0.1, -0.05) is 47.9 Å². The van der Waals surface area contributed by atoms with E-state index in [2.05, 4.69) is 15.6 Å². The molecule has 0 atom stereocenters. The van der Waals surface area contributed by atoms with Crippen LogP contribution in [0, 0.1) is 0 Å². The standard InChI is InChI=1S/C24H20Cl2N4O4S/c1-3-4-16-12-19(31)30-20(22(32)27-15-5-7-18(34-2)8-6-15)21(35-24(30)29-16)23(33)28-17-10-13(25)9-14(26)11-17/h5-12H,3-4H2,1-2H3,(H,27,32)(H,28,33). The highest BCUT2D eigenvalue weighted by Crippen LogP contribution is 2.27. The highest BCUT2D eigenvalue weighted by Gasteiger charge is 2.26. The molecule has 0 saturated carbocycles. The molecule has 8 nitrogen and oxygen atoms in total. The summed E-state index contributed by atoms with van der Waals surface area (Å²) < 4.78 is 6.29. The number of rotatable bonds is 7. The molecule has 0 bridgehead atoms. The van der Waals surface area contributed by atoms with Crippen molar-refractivity contribution in [3.63, 3.8) is 0 Å². The normalized spacial score (nSPS) is 10.9. The van der Waals surface area contributed by atoms with Gasteiger partial charge in [0.25, 0.3) is 17.4 Å². The molecule has 4 rings (SSSR count). The number of benzene rings is 2. The topological polar surface area (TPSA) is 102 Å². The lowest BCUT2D eigenvalue weighted by atomic mass is 10.2. The van der Waals surface area contributed by atoms with E-state index < -0.39 is 17.4 Å². The number of nitrogens with zero attached hydrogens (tertiary/aromatic N) is 2. The van der Waals surface area contributed by atoms with E-state index in [1.165, 1.54) is 31.4 Å². The van der Waals surface area contributed by atoms with Crippen LogP contribution in [-0.2, 0) is 6.42 Å². The number of amides is 2. The molecular formula is C24H20Cl2N4O4S. The Kier molecular flexibility index (Phi) is 7.39. The summed E-state index contributed by atoms with van der Waals surface area (Å²) in [6, 6.07) is 12.6. The zero-order valence-electron chi connectivity index (χ0n) is 18.7. The molecule has 0 spiro atoms. The molecule has 0 aliphatic carbocycles. The van der Waals surface area contributed by atoms with Crippen LogP contribution in [0.2, 0.25) is 10.0 Å². The molecule has 4 aromatic rings. The molecular weight excluding hydrogens is 511 g/mol. The summed E-state index contributed by atoms with van der Waals surface area (Å²) in [4.78, 5) is 44.4. The Balaban J connectivity index is 1.79. The van der Waals surface area contributed by atoms with Crippen molar-refractivity contribution in [2.24, 2.45) is 0 Å². The number of aryl methyl sites for hydroxylation is 1. The zero-order valence-corrected chi connectivity index (χ0v) is 21.1. The summed E-state index contributed by atoms with van der Waals surface area (Å²) in [5.41, 5.74) is 0.839. The summed E-state index contributed by atoms with van der Waals surface area (Å²) >= 11 is 13.0. The van der Waals surface area contributed by atoms with Gasteiger partial charge in [-0.15, -0.1) is 0 Å². The number of carbonyl (C=O) groups excluding carboxylic acids is 2. The lowest BCUT2D eigenvalue weighted by molar-refractivity contribution is 0.0989. The third-order valence-corrected chi connectivity index (χ3v) is 6.44. The van der Waals surface area contributed by atoms with Crippen LogP contribution in [0.15, 0.2) is 53.3 Å². The first-order valence-electron chi connectivity index (χ1n) is 10.6. The number of halogens is 2. The van der Waals surface area contributed by atoms with Gasteiger partial charge in [0.2, 0.25) is 0 Å². The van der Waals surface area contributed by atoms with Gasteiger partial charge in [-0.3, -0.25) is 14.4 Å². The number of hydrogen-bond acceptors (Lipinski definition) is 6. The molecule has 0 aliphatic rings. The predicted octanol–water partition coefficient (Wildman–Crippen LogP) is 5.53. The van der Waals surface area contributed by atoms with Crippen molar-refractivity contribution in [2.45, 2.75) is 19.8 Å². The average Bonchev–Trinajstić information content (AvgIpc) is 3.19. The molecule has 0 fully saturated rings. The van der Waals surface area contributed by atoms with Gasteiger partial charge in [0.1, 0.15) is 16.3 Å². The molecule has 0 unspecified atom stereocenters. The quantitative estimate of drug-likeness (QED) is 0.327. The van der Waals surface area contributed by atoms with Crippen molar-refractivity contribution in [3.8, 4) is 5.75 Å². The van der Waals surface area contributed by atoms with E-state index in [9.17, 15) is 14.4 Å².